The fourth-order valence-corrected chi connectivity index (χ4v) is 4.77. The molecule has 0 bridgehead atoms. The van der Waals surface area contributed by atoms with Gasteiger partial charge in [-0.2, -0.15) is 13.2 Å². The van der Waals surface area contributed by atoms with Crippen molar-refractivity contribution < 1.29 is 42.6 Å². The number of thioether (sulfide) groups is 1. The van der Waals surface area contributed by atoms with Crippen molar-refractivity contribution in [2.45, 2.75) is 24.5 Å². The molecule has 186 valence electrons. The lowest BCUT2D eigenvalue weighted by Gasteiger charge is -2.49. The number of rotatable bonds is 5. The van der Waals surface area contributed by atoms with Crippen LogP contribution in [0.25, 0.3) is 10.8 Å². The van der Waals surface area contributed by atoms with Crippen molar-refractivity contribution in [3.05, 3.63) is 53.7 Å². The first-order valence-electron chi connectivity index (χ1n) is 10.1. The number of carboxylic acid groups (broad SMARTS) is 2. The summed E-state index contributed by atoms with van der Waals surface area (Å²) >= 11 is 1.46. The summed E-state index contributed by atoms with van der Waals surface area (Å²) in [7, 11) is 0. The Morgan fingerprint density at radius 1 is 1.11 bits per heavy atom. The third kappa shape index (κ3) is 5.85. The van der Waals surface area contributed by atoms with Gasteiger partial charge in [0.15, 0.2) is 0 Å². The Balaban J connectivity index is 0.000000429. The van der Waals surface area contributed by atoms with E-state index in [1.807, 2.05) is 42.5 Å². The summed E-state index contributed by atoms with van der Waals surface area (Å²) in [6.07, 6.45) is -5.08. The molecular weight excluding hydrogens is 491 g/mol. The maximum Gasteiger partial charge on any atom is 0.490 e. The normalized spacial score (nSPS) is 19.2. The Kier molecular flexibility index (Phi) is 7.58. The summed E-state index contributed by atoms with van der Waals surface area (Å²) in [5.41, 5.74) is 1.51. The number of halogens is 3. The number of nitrogens with one attached hydrogen (secondary N) is 2. The van der Waals surface area contributed by atoms with Crippen LogP contribution in [0.2, 0.25) is 0 Å². The zero-order valence-corrected chi connectivity index (χ0v) is 18.9. The van der Waals surface area contributed by atoms with Crippen LogP contribution in [0, 0.1) is 0 Å². The summed E-state index contributed by atoms with van der Waals surface area (Å²) < 4.78 is 31.7. The van der Waals surface area contributed by atoms with E-state index >= 15 is 0 Å². The summed E-state index contributed by atoms with van der Waals surface area (Å²) in [6, 6.07) is 13.1. The maximum absolute atomic E-state index is 12.4. The Hall–Kier alpha value is -3.74. The first kappa shape index (κ1) is 25.9. The number of nitrogens with zero attached hydrogens (tertiary/aromatic N) is 1. The fourth-order valence-electron chi connectivity index (χ4n) is 3.48. The molecule has 2 atom stereocenters. The lowest BCUT2D eigenvalue weighted by molar-refractivity contribution is -0.192. The van der Waals surface area contributed by atoms with Crippen LogP contribution in [0.5, 0.6) is 0 Å². The SMILES string of the molecule is CC1=C(C(=O)O)N2C(=O)C(NC(=O)CNc3ccc4ccccc4c3)[C@@H]2SC1.O=C(O)C(F)(F)F. The van der Waals surface area contributed by atoms with Crippen molar-refractivity contribution in [1.29, 1.82) is 0 Å². The van der Waals surface area contributed by atoms with Crippen LogP contribution in [0.3, 0.4) is 0 Å². The first-order chi connectivity index (χ1) is 16.4. The molecule has 0 aromatic heterocycles. The van der Waals surface area contributed by atoms with E-state index in [4.69, 9.17) is 9.90 Å². The topological polar surface area (TPSA) is 136 Å². The minimum Gasteiger partial charge on any atom is -0.477 e. The van der Waals surface area contributed by atoms with Gasteiger partial charge in [-0.25, -0.2) is 9.59 Å². The lowest BCUT2D eigenvalue weighted by Crippen LogP contribution is -2.70. The van der Waals surface area contributed by atoms with E-state index in [-0.39, 0.29) is 29.4 Å². The van der Waals surface area contributed by atoms with E-state index in [0.717, 1.165) is 16.5 Å². The zero-order valence-electron chi connectivity index (χ0n) is 18.1. The highest BCUT2D eigenvalue weighted by Crippen LogP contribution is 2.40. The lowest BCUT2D eigenvalue weighted by atomic mass is 10.0. The van der Waals surface area contributed by atoms with E-state index in [0.29, 0.717) is 11.3 Å². The molecule has 1 saturated heterocycles. The van der Waals surface area contributed by atoms with Crippen molar-refractivity contribution in [3.63, 3.8) is 0 Å². The number of amides is 2. The number of β-lactam (4-membered cyclic amide) rings is 1. The van der Waals surface area contributed by atoms with Crippen LogP contribution >= 0.6 is 11.8 Å². The molecule has 2 aliphatic heterocycles. The van der Waals surface area contributed by atoms with Gasteiger partial charge >= 0.3 is 18.1 Å². The molecule has 0 aliphatic carbocycles. The molecule has 2 aromatic carbocycles. The molecule has 9 nitrogen and oxygen atoms in total. The quantitative estimate of drug-likeness (QED) is 0.450. The third-order valence-corrected chi connectivity index (χ3v) is 6.55. The number of fused-ring (bicyclic) bond motifs is 2. The Morgan fingerprint density at radius 2 is 1.74 bits per heavy atom. The van der Waals surface area contributed by atoms with E-state index < -0.39 is 24.2 Å². The largest absolute Gasteiger partial charge is 0.490 e. The van der Waals surface area contributed by atoms with E-state index in [9.17, 15) is 32.7 Å². The van der Waals surface area contributed by atoms with Gasteiger partial charge in [0, 0.05) is 11.4 Å². The molecule has 1 unspecified atom stereocenters. The summed E-state index contributed by atoms with van der Waals surface area (Å²) in [6.45, 7) is 1.74. The summed E-state index contributed by atoms with van der Waals surface area (Å²) in [5.74, 6) is -4.04. The maximum atomic E-state index is 12.4. The number of carboxylic acids is 2. The number of benzene rings is 2. The van der Waals surface area contributed by atoms with Gasteiger partial charge in [-0.3, -0.25) is 14.5 Å². The molecule has 35 heavy (non-hydrogen) atoms. The third-order valence-electron chi connectivity index (χ3n) is 5.12. The standard InChI is InChI=1S/C20H19N3O4S.C2HF3O2/c1-11-10-28-19-16(18(25)23(19)17(11)20(26)27)22-15(24)9-21-14-7-6-12-4-2-3-5-13(12)8-14;3-2(4,5)1(6)7/h2-8,16,19,21H,9-10H2,1H3,(H,22,24)(H,26,27);(H,6,7)/t16?,19-;/m0./s1. The molecule has 4 rings (SSSR count). The van der Waals surface area contributed by atoms with Crippen molar-refractivity contribution >= 4 is 52.0 Å². The molecule has 0 radical (unpaired) electrons. The van der Waals surface area contributed by atoms with Gasteiger partial charge in [-0.15, -0.1) is 11.8 Å². The van der Waals surface area contributed by atoms with Crippen molar-refractivity contribution in [2.75, 3.05) is 17.6 Å². The van der Waals surface area contributed by atoms with Gasteiger partial charge in [-0.1, -0.05) is 30.3 Å². The molecular formula is C22H20F3N3O6S. The number of carbonyl (C=O) groups is 4. The van der Waals surface area contributed by atoms with E-state index in [2.05, 4.69) is 10.6 Å². The highest BCUT2D eigenvalue weighted by atomic mass is 32.2. The zero-order chi connectivity index (χ0) is 25.9. The van der Waals surface area contributed by atoms with Gasteiger partial charge in [0.25, 0.3) is 5.91 Å². The minimum absolute atomic E-state index is 0.0279. The van der Waals surface area contributed by atoms with Gasteiger partial charge in [0.05, 0.1) is 6.54 Å². The Morgan fingerprint density at radius 3 is 2.34 bits per heavy atom. The van der Waals surface area contributed by atoms with E-state index in [1.54, 1.807) is 6.92 Å². The molecule has 2 aromatic rings. The summed E-state index contributed by atoms with van der Waals surface area (Å²) in [5, 5.41) is 24.1. The smallest absolute Gasteiger partial charge is 0.477 e. The number of hydrogen-bond acceptors (Lipinski definition) is 6. The van der Waals surface area contributed by atoms with Crippen LogP contribution in [0.4, 0.5) is 18.9 Å². The van der Waals surface area contributed by atoms with Crippen molar-refractivity contribution in [3.8, 4) is 0 Å². The molecule has 2 amide bonds. The van der Waals surface area contributed by atoms with Gasteiger partial charge in [0.2, 0.25) is 5.91 Å². The second-order valence-corrected chi connectivity index (χ2v) is 8.71. The second kappa shape index (κ2) is 10.3. The molecule has 1 fully saturated rings. The van der Waals surface area contributed by atoms with Crippen LogP contribution in [0.1, 0.15) is 6.92 Å². The van der Waals surface area contributed by atoms with Crippen LogP contribution in [0.15, 0.2) is 53.7 Å². The highest BCUT2D eigenvalue weighted by molar-refractivity contribution is 8.00. The molecule has 2 heterocycles. The van der Waals surface area contributed by atoms with Gasteiger partial charge < -0.3 is 20.8 Å². The number of carbonyl (C=O) groups excluding carboxylic acids is 2. The average molecular weight is 511 g/mol. The van der Waals surface area contributed by atoms with Crippen molar-refractivity contribution in [2.24, 2.45) is 0 Å². The number of aliphatic carboxylic acids is 2. The van der Waals surface area contributed by atoms with Crippen LogP contribution in [-0.2, 0) is 19.2 Å². The summed E-state index contributed by atoms with van der Waals surface area (Å²) in [4.78, 5) is 46.3. The van der Waals surface area contributed by atoms with E-state index in [1.165, 1.54) is 16.7 Å². The predicted molar refractivity (Wildman–Crippen MR) is 121 cm³/mol. The molecule has 2 aliphatic rings. The highest BCUT2D eigenvalue weighted by Gasteiger charge is 2.53. The number of hydrogen-bond donors (Lipinski definition) is 4. The van der Waals surface area contributed by atoms with Crippen LogP contribution < -0.4 is 10.6 Å². The average Bonchev–Trinajstić information content (AvgIpc) is 2.80. The van der Waals surface area contributed by atoms with Crippen molar-refractivity contribution in [1.82, 2.24) is 10.2 Å². The molecule has 0 spiro atoms. The number of anilines is 1. The molecule has 13 heteroatoms. The molecule has 0 saturated carbocycles. The monoisotopic (exact) mass is 511 g/mol. The fraction of sp³-hybridized carbons (Fsp3) is 0.273. The van der Waals surface area contributed by atoms with Gasteiger partial charge in [0.1, 0.15) is 17.1 Å². The minimum atomic E-state index is -5.08. The Labute approximate surface area is 201 Å². The second-order valence-electron chi connectivity index (χ2n) is 7.61. The van der Waals surface area contributed by atoms with Gasteiger partial charge in [-0.05, 0) is 35.4 Å². The number of alkyl halides is 3. The predicted octanol–water partition coefficient (Wildman–Crippen LogP) is 2.64. The Bertz CT molecular complexity index is 1220. The molecule has 4 N–H and O–H groups in total. The first-order valence-corrected chi connectivity index (χ1v) is 11.1. The van der Waals surface area contributed by atoms with Crippen LogP contribution in [-0.4, -0.2) is 68.8 Å².